The van der Waals surface area contributed by atoms with Crippen molar-refractivity contribution in [2.45, 2.75) is 6.92 Å². The molecule has 8 heteroatoms. The topological polar surface area (TPSA) is 68.5 Å². The molecule has 0 amide bonds. The minimum Gasteiger partial charge on any atom is -0.324 e. The monoisotopic (exact) mass is 304 g/mol. The van der Waals surface area contributed by atoms with Gasteiger partial charge in [0, 0.05) is 18.1 Å². The van der Waals surface area contributed by atoms with Crippen molar-refractivity contribution in [3.63, 3.8) is 0 Å². The van der Waals surface area contributed by atoms with Crippen LogP contribution in [-0.2, 0) is 0 Å². The third-order valence-electron chi connectivity index (χ3n) is 2.63. The molecule has 0 unspecified atom stereocenters. The molecule has 6 nitrogen and oxygen atoms in total. The highest BCUT2D eigenvalue weighted by molar-refractivity contribution is 6.28. The fourth-order valence-corrected chi connectivity index (χ4v) is 1.98. The van der Waals surface area contributed by atoms with Crippen molar-refractivity contribution in [2.24, 2.45) is 0 Å². The second kappa shape index (κ2) is 5.45. The average Bonchev–Trinajstić information content (AvgIpc) is 2.90. The van der Waals surface area contributed by atoms with Crippen molar-refractivity contribution in [1.82, 2.24) is 24.5 Å². The summed E-state index contributed by atoms with van der Waals surface area (Å²) in [5.74, 6) is 0.208. The van der Waals surface area contributed by atoms with E-state index in [4.69, 9.17) is 11.6 Å². The van der Waals surface area contributed by atoms with Crippen molar-refractivity contribution in [3.8, 4) is 5.95 Å². The lowest BCUT2D eigenvalue weighted by molar-refractivity contribution is 0.627. The third kappa shape index (κ3) is 3.14. The number of hydrogen-bond acceptors (Lipinski definition) is 5. The van der Waals surface area contributed by atoms with Gasteiger partial charge >= 0.3 is 0 Å². The molecule has 106 valence electrons. The smallest absolute Gasteiger partial charge is 0.241 e. The van der Waals surface area contributed by atoms with Gasteiger partial charge in [0.05, 0.1) is 0 Å². The number of aromatic nitrogens is 5. The summed E-state index contributed by atoms with van der Waals surface area (Å²) >= 11 is 5.89. The first-order valence-corrected chi connectivity index (χ1v) is 6.42. The number of imidazole rings is 1. The van der Waals surface area contributed by atoms with Crippen LogP contribution in [0.2, 0.25) is 5.28 Å². The number of aryl methyl sites for hydroxylation is 1. The van der Waals surface area contributed by atoms with E-state index in [-0.39, 0.29) is 17.0 Å². The Kier molecular flexibility index (Phi) is 3.49. The van der Waals surface area contributed by atoms with E-state index in [1.165, 1.54) is 12.1 Å². The maximum Gasteiger partial charge on any atom is 0.241 e. The minimum absolute atomic E-state index is 0.0318. The van der Waals surface area contributed by atoms with Crippen molar-refractivity contribution in [1.29, 1.82) is 0 Å². The maximum absolute atomic E-state index is 13.4. The molecule has 0 spiro atoms. The van der Waals surface area contributed by atoms with Gasteiger partial charge in [-0.3, -0.25) is 4.57 Å². The zero-order valence-corrected chi connectivity index (χ0v) is 11.7. The van der Waals surface area contributed by atoms with E-state index in [9.17, 15) is 4.39 Å². The highest BCUT2D eigenvalue weighted by Crippen LogP contribution is 2.18. The number of anilines is 2. The lowest BCUT2D eigenvalue weighted by Gasteiger charge is -2.08. The third-order valence-corrected chi connectivity index (χ3v) is 2.80. The number of nitrogens with one attached hydrogen (secondary N) is 1. The molecule has 0 bridgehead atoms. The van der Waals surface area contributed by atoms with Crippen LogP contribution in [0.5, 0.6) is 0 Å². The van der Waals surface area contributed by atoms with Crippen molar-refractivity contribution in [3.05, 3.63) is 53.6 Å². The Bertz CT molecular complexity index is 754. The van der Waals surface area contributed by atoms with Gasteiger partial charge in [0.1, 0.15) is 12.1 Å². The highest BCUT2D eigenvalue weighted by Gasteiger charge is 2.07. The van der Waals surface area contributed by atoms with Crippen LogP contribution in [0.15, 0.2) is 36.9 Å². The Morgan fingerprint density at radius 2 is 2.05 bits per heavy atom. The standard InChI is InChI=1S/C13H10ClFN6/c1-8-4-9(15)6-10(5-8)17-12-18-11(14)19-13(20-12)21-3-2-16-7-21/h2-7H,1H3,(H,17,18,19,20). The van der Waals surface area contributed by atoms with E-state index in [2.05, 4.69) is 25.3 Å². The van der Waals surface area contributed by atoms with Gasteiger partial charge in [-0.15, -0.1) is 0 Å². The quantitative estimate of drug-likeness (QED) is 0.806. The summed E-state index contributed by atoms with van der Waals surface area (Å²) in [6.07, 6.45) is 4.82. The van der Waals surface area contributed by atoms with E-state index in [1.54, 1.807) is 36.3 Å². The van der Waals surface area contributed by atoms with Crippen molar-refractivity contribution < 1.29 is 4.39 Å². The van der Waals surface area contributed by atoms with Crippen LogP contribution in [-0.4, -0.2) is 24.5 Å². The predicted octanol–water partition coefficient (Wildman–Crippen LogP) is 2.90. The van der Waals surface area contributed by atoms with Gasteiger partial charge in [-0.2, -0.15) is 15.0 Å². The number of benzene rings is 1. The molecule has 1 N–H and O–H groups in total. The molecule has 0 aliphatic carbocycles. The molecule has 1 aromatic carbocycles. The molecule has 0 fully saturated rings. The summed E-state index contributed by atoms with van der Waals surface area (Å²) in [5, 5.41) is 2.94. The summed E-state index contributed by atoms with van der Waals surface area (Å²) in [6, 6.07) is 4.56. The SMILES string of the molecule is Cc1cc(F)cc(Nc2nc(Cl)nc(-n3ccnc3)n2)c1. The summed E-state index contributed by atoms with van der Waals surface area (Å²) in [6.45, 7) is 1.80. The molecular weight excluding hydrogens is 295 g/mol. The van der Waals surface area contributed by atoms with Gasteiger partial charge in [0.25, 0.3) is 0 Å². The molecule has 0 saturated carbocycles. The summed E-state index contributed by atoms with van der Waals surface area (Å²) in [7, 11) is 0. The molecule has 0 saturated heterocycles. The van der Waals surface area contributed by atoms with Crippen LogP contribution in [0.4, 0.5) is 16.0 Å². The van der Waals surface area contributed by atoms with Crippen molar-refractivity contribution >= 4 is 23.2 Å². The second-order valence-corrected chi connectivity index (χ2v) is 4.68. The molecular formula is C13H10ClFN6. The first kappa shape index (κ1) is 13.4. The lowest BCUT2D eigenvalue weighted by Crippen LogP contribution is -2.05. The number of nitrogens with zero attached hydrogens (tertiary/aromatic N) is 5. The molecule has 3 rings (SSSR count). The molecule has 0 aliphatic heterocycles. The largest absolute Gasteiger partial charge is 0.324 e. The Morgan fingerprint density at radius 3 is 2.76 bits per heavy atom. The minimum atomic E-state index is -0.340. The Hall–Kier alpha value is -2.54. The first-order valence-electron chi connectivity index (χ1n) is 6.04. The number of halogens is 2. The van der Waals surface area contributed by atoms with Crippen LogP contribution >= 0.6 is 11.6 Å². The second-order valence-electron chi connectivity index (χ2n) is 4.34. The molecule has 3 aromatic rings. The number of rotatable bonds is 3. The Balaban J connectivity index is 1.95. The first-order chi connectivity index (χ1) is 10.1. The highest BCUT2D eigenvalue weighted by atomic mass is 35.5. The summed E-state index contributed by atoms with van der Waals surface area (Å²) in [4.78, 5) is 16.1. The number of hydrogen-bond donors (Lipinski definition) is 1. The van der Waals surface area contributed by atoms with Crippen molar-refractivity contribution in [2.75, 3.05) is 5.32 Å². The van der Waals surface area contributed by atoms with Crippen LogP contribution in [0.3, 0.4) is 0 Å². The fourth-order valence-electron chi connectivity index (χ4n) is 1.83. The van der Waals surface area contributed by atoms with Gasteiger partial charge in [0.2, 0.25) is 17.2 Å². The van der Waals surface area contributed by atoms with Crippen LogP contribution < -0.4 is 5.32 Å². The zero-order chi connectivity index (χ0) is 14.8. The van der Waals surface area contributed by atoms with Gasteiger partial charge in [-0.1, -0.05) is 0 Å². The van der Waals surface area contributed by atoms with Gasteiger partial charge < -0.3 is 5.32 Å². The normalized spacial score (nSPS) is 10.6. The van der Waals surface area contributed by atoms with E-state index < -0.39 is 0 Å². The van der Waals surface area contributed by atoms with Crippen LogP contribution in [0.25, 0.3) is 5.95 Å². The van der Waals surface area contributed by atoms with E-state index >= 15 is 0 Å². The Morgan fingerprint density at radius 1 is 1.19 bits per heavy atom. The predicted molar refractivity (Wildman–Crippen MR) is 76.4 cm³/mol. The van der Waals surface area contributed by atoms with E-state index in [0.29, 0.717) is 11.6 Å². The van der Waals surface area contributed by atoms with Gasteiger partial charge in [-0.25, -0.2) is 9.37 Å². The Labute approximate surface area is 124 Å². The van der Waals surface area contributed by atoms with E-state index in [1.807, 2.05) is 0 Å². The molecule has 0 radical (unpaired) electrons. The zero-order valence-electron chi connectivity index (χ0n) is 11.0. The molecule has 0 aliphatic rings. The average molecular weight is 305 g/mol. The molecule has 2 heterocycles. The van der Waals surface area contributed by atoms with Crippen LogP contribution in [0.1, 0.15) is 5.56 Å². The molecule has 2 aromatic heterocycles. The lowest BCUT2D eigenvalue weighted by atomic mass is 10.2. The van der Waals surface area contributed by atoms with Crippen LogP contribution in [0, 0.1) is 12.7 Å². The summed E-state index contributed by atoms with van der Waals surface area (Å²) < 4.78 is 15.0. The molecule has 21 heavy (non-hydrogen) atoms. The fraction of sp³-hybridized carbons (Fsp3) is 0.0769. The molecule has 0 atom stereocenters. The van der Waals surface area contributed by atoms with Gasteiger partial charge in [-0.05, 0) is 42.3 Å². The summed E-state index contributed by atoms with van der Waals surface area (Å²) in [5.41, 5.74) is 1.32. The maximum atomic E-state index is 13.4. The van der Waals surface area contributed by atoms with E-state index in [0.717, 1.165) is 5.56 Å². The van der Waals surface area contributed by atoms with Gasteiger partial charge in [0.15, 0.2) is 0 Å².